The molecule has 0 N–H and O–H groups in total. The van der Waals surface area contributed by atoms with Gasteiger partial charge in [0.1, 0.15) is 4.75 Å². The molecule has 0 aromatic carbocycles. The van der Waals surface area contributed by atoms with E-state index in [1.807, 2.05) is 12.1 Å². The van der Waals surface area contributed by atoms with Crippen LogP contribution in [-0.4, -0.2) is 55.6 Å². The number of methoxy groups -OCH3 is 1. The quantitative estimate of drug-likeness (QED) is 0.819. The Morgan fingerprint density at radius 3 is 2.75 bits per heavy atom. The van der Waals surface area contributed by atoms with Gasteiger partial charge in [0, 0.05) is 45.1 Å². The van der Waals surface area contributed by atoms with E-state index in [-0.39, 0.29) is 5.92 Å². The smallest absolute Gasteiger partial charge is 0.158 e. The molecule has 2 fully saturated rings. The minimum absolute atomic E-state index is 0.145. The number of aromatic nitrogens is 1. The Balaban J connectivity index is 1.70. The number of likely N-dealkylation sites (tertiary alicyclic amines) is 1. The molecule has 0 radical (unpaired) electrons. The standard InChI is InChI=1S/C14H20N2O3S/c1-19-9-13-4-7-20(17,18)14(13)10-16(11-14)8-12-2-5-15-6-3-12/h2-3,5-6,13H,4,7-11H2,1H3/t13-/m0/s1. The monoisotopic (exact) mass is 296 g/mol. The Kier molecular flexibility index (Phi) is 3.56. The lowest BCUT2D eigenvalue weighted by atomic mass is 9.83. The maximum absolute atomic E-state index is 12.4. The summed E-state index contributed by atoms with van der Waals surface area (Å²) in [7, 11) is -1.34. The first-order valence-electron chi connectivity index (χ1n) is 6.90. The summed E-state index contributed by atoms with van der Waals surface area (Å²) in [4.78, 5) is 6.19. The highest BCUT2D eigenvalue weighted by atomic mass is 32.2. The van der Waals surface area contributed by atoms with Gasteiger partial charge in [-0.05, 0) is 24.1 Å². The predicted molar refractivity (Wildman–Crippen MR) is 76.0 cm³/mol. The van der Waals surface area contributed by atoms with Crippen LogP contribution in [0.2, 0.25) is 0 Å². The number of hydrogen-bond acceptors (Lipinski definition) is 5. The largest absolute Gasteiger partial charge is 0.384 e. The molecule has 3 heterocycles. The lowest BCUT2D eigenvalue weighted by Gasteiger charge is -2.50. The summed E-state index contributed by atoms with van der Waals surface area (Å²) in [6.07, 6.45) is 4.27. The first kappa shape index (κ1) is 14.0. The van der Waals surface area contributed by atoms with Gasteiger partial charge in [-0.2, -0.15) is 0 Å². The van der Waals surface area contributed by atoms with Crippen LogP contribution in [0, 0.1) is 5.92 Å². The maximum Gasteiger partial charge on any atom is 0.158 e. The minimum atomic E-state index is -2.98. The predicted octanol–water partition coefficient (Wildman–Crippen LogP) is 0.717. The molecule has 0 saturated carbocycles. The summed E-state index contributed by atoms with van der Waals surface area (Å²) in [6.45, 7) is 2.60. The molecule has 2 saturated heterocycles. The lowest BCUT2D eigenvalue weighted by Crippen LogP contribution is -2.67. The molecular weight excluding hydrogens is 276 g/mol. The number of rotatable bonds is 4. The van der Waals surface area contributed by atoms with Crippen LogP contribution in [0.1, 0.15) is 12.0 Å². The van der Waals surface area contributed by atoms with Crippen LogP contribution in [0.25, 0.3) is 0 Å². The van der Waals surface area contributed by atoms with Crippen molar-refractivity contribution in [3.05, 3.63) is 30.1 Å². The third-order valence-corrected chi connectivity index (χ3v) is 7.21. The third-order valence-electron chi connectivity index (χ3n) is 4.60. The average molecular weight is 296 g/mol. The van der Waals surface area contributed by atoms with Crippen LogP contribution >= 0.6 is 0 Å². The Bertz CT molecular complexity index is 567. The Morgan fingerprint density at radius 1 is 1.40 bits per heavy atom. The van der Waals surface area contributed by atoms with Crippen LogP contribution in [-0.2, 0) is 21.1 Å². The molecule has 1 aromatic rings. The molecule has 110 valence electrons. The van der Waals surface area contributed by atoms with Crippen molar-refractivity contribution in [2.24, 2.45) is 5.92 Å². The van der Waals surface area contributed by atoms with E-state index in [0.717, 1.165) is 13.0 Å². The molecule has 2 aliphatic heterocycles. The number of pyridine rings is 1. The van der Waals surface area contributed by atoms with Crippen LogP contribution in [0.5, 0.6) is 0 Å². The second-order valence-electron chi connectivity index (χ2n) is 5.83. The van der Waals surface area contributed by atoms with E-state index in [2.05, 4.69) is 9.88 Å². The number of hydrogen-bond donors (Lipinski definition) is 0. The molecule has 20 heavy (non-hydrogen) atoms. The van der Waals surface area contributed by atoms with Crippen molar-refractivity contribution in [3.8, 4) is 0 Å². The Labute approximate surface area is 119 Å². The van der Waals surface area contributed by atoms with Crippen LogP contribution < -0.4 is 0 Å². The molecule has 2 aliphatic rings. The number of nitrogens with zero attached hydrogens (tertiary/aromatic N) is 2. The summed E-state index contributed by atoms with van der Waals surface area (Å²) in [5.74, 6) is 0.454. The Morgan fingerprint density at radius 2 is 2.10 bits per heavy atom. The van der Waals surface area contributed by atoms with E-state index in [1.54, 1.807) is 19.5 Å². The molecule has 1 aromatic heterocycles. The molecule has 6 heteroatoms. The minimum Gasteiger partial charge on any atom is -0.384 e. The second-order valence-corrected chi connectivity index (χ2v) is 8.28. The normalized spacial score (nSPS) is 27.6. The zero-order chi connectivity index (χ0) is 14.2. The van der Waals surface area contributed by atoms with Crippen molar-refractivity contribution < 1.29 is 13.2 Å². The van der Waals surface area contributed by atoms with Crippen molar-refractivity contribution >= 4 is 9.84 Å². The van der Waals surface area contributed by atoms with E-state index in [9.17, 15) is 8.42 Å². The zero-order valence-electron chi connectivity index (χ0n) is 11.7. The van der Waals surface area contributed by atoms with E-state index in [1.165, 1.54) is 5.56 Å². The molecule has 0 unspecified atom stereocenters. The molecule has 5 nitrogen and oxygen atoms in total. The van der Waals surface area contributed by atoms with Crippen LogP contribution in [0.15, 0.2) is 24.5 Å². The van der Waals surface area contributed by atoms with Gasteiger partial charge in [0.15, 0.2) is 9.84 Å². The van der Waals surface area contributed by atoms with Gasteiger partial charge >= 0.3 is 0 Å². The first-order chi connectivity index (χ1) is 9.57. The summed E-state index contributed by atoms with van der Waals surface area (Å²) in [5, 5.41) is 0. The molecule has 3 rings (SSSR count). The Hall–Kier alpha value is -0.980. The van der Waals surface area contributed by atoms with Gasteiger partial charge in [0.25, 0.3) is 0 Å². The van der Waals surface area contributed by atoms with E-state index >= 15 is 0 Å². The third kappa shape index (κ3) is 2.16. The number of sulfone groups is 1. The van der Waals surface area contributed by atoms with Crippen molar-refractivity contribution in [2.75, 3.05) is 32.6 Å². The van der Waals surface area contributed by atoms with Gasteiger partial charge in [-0.1, -0.05) is 0 Å². The van der Waals surface area contributed by atoms with Gasteiger partial charge in [-0.25, -0.2) is 8.42 Å². The fourth-order valence-electron chi connectivity index (χ4n) is 3.48. The van der Waals surface area contributed by atoms with Gasteiger partial charge in [0.05, 0.1) is 12.4 Å². The molecule has 1 atom stereocenters. The lowest BCUT2D eigenvalue weighted by molar-refractivity contribution is 0.0411. The summed E-state index contributed by atoms with van der Waals surface area (Å²) in [5.41, 5.74) is 1.17. The van der Waals surface area contributed by atoms with E-state index < -0.39 is 14.6 Å². The molecular formula is C14H20N2O3S. The van der Waals surface area contributed by atoms with Crippen LogP contribution in [0.3, 0.4) is 0 Å². The van der Waals surface area contributed by atoms with Gasteiger partial charge in [-0.15, -0.1) is 0 Å². The molecule has 0 aliphatic carbocycles. The highest BCUT2D eigenvalue weighted by Gasteiger charge is 2.61. The zero-order valence-corrected chi connectivity index (χ0v) is 12.5. The van der Waals surface area contributed by atoms with E-state index in [0.29, 0.717) is 25.4 Å². The topological polar surface area (TPSA) is 59.5 Å². The highest BCUT2D eigenvalue weighted by Crippen LogP contribution is 2.45. The molecule has 1 spiro atoms. The highest BCUT2D eigenvalue weighted by molar-refractivity contribution is 7.93. The fraction of sp³-hybridized carbons (Fsp3) is 0.643. The summed E-state index contributed by atoms with van der Waals surface area (Å²) in [6, 6.07) is 3.95. The van der Waals surface area contributed by atoms with Crippen LogP contribution in [0.4, 0.5) is 0 Å². The van der Waals surface area contributed by atoms with E-state index in [4.69, 9.17) is 4.74 Å². The second kappa shape index (κ2) is 5.09. The van der Waals surface area contributed by atoms with Crippen molar-refractivity contribution in [3.63, 3.8) is 0 Å². The molecule has 0 bridgehead atoms. The summed E-state index contributed by atoms with van der Waals surface area (Å²) < 4.78 is 29.4. The van der Waals surface area contributed by atoms with Crippen molar-refractivity contribution in [1.82, 2.24) is 9.88 Å². The van der Waals surface area contributed by atoms with Gasteiger partial charge in [0.2, 0.25) is 0 Å². The average Bonchev–Trinajstić information content (AvgIpc) is 2.64. The molecule has 0 amide bonds. The SMILES string of the molecule is COC[C@@H]1CCS(=O)(=O)C12CN(Cc1ccncc1)C2. The first-order valence-corrected chi connectivity index (χ1v) is 8.55. The van der Waals surface area contributed by atoms with Crippen molar-refractivity contribution in [1.29, 1.82) is 0 Å². The fourth-order valence-corrected chi connectivity index (χ4v) is 5.93. The van der Waals surface area contributed by atoms with Gasteiger partial charge < -0.3 is 4.74 Å². The van der Waals surface area contributed by atoms with Gasteiger partial charge in [-0.3, -0.25) is 9.88 Å². The van der Waals surface area contributed by atoms with Crippen molar-refractivity contribution in [2.45, 2.75) is 17.7 Å². The maximum atomic E-state index is 12.4. The number of ether oxygens (including phenoxy) is 1. The summed E-state index contributed by atoms with van der Waals surface area (Å²) >= 11 is 0.